The molecule has 2 aliphatic rings. The van der Waals surface area contributed by atoms with Gasteiger partial charge >= 0.3 is 6.03 Å². The monoisotopic (exact) mass is 680 g/mol. The van der Waals surface area contributed by atoms with Crippen molar-refractivity contribution in [2.45, 2.75) is 46.2 Å². The van der Waals surface area contributed by atoms with Crippen molar-refractivity contribution < 1.29 is 14.0 Å². The summed E-state index contributed by atoms with van der Waals surface area (Å²) < 4.78 is 16.6. The van der Waals surface area contributed by atoms with Gasteiger partial charge in [-0.05, 0) is 61.5 Å². The molecule has 0 bridgehead atoms. The highest BCUT2D eigenvalue weighted by Gasteiger charge is 2.24. The normalized spacial score (nSPS) is 16.4. The van der Waals surface area contributed by atoms with Crippen LogP contribution in [0.3, 0.4) is 0 Å². The van der Waals surface area contributed by atoms with Crippen LogP contribution in [0.5, 0.6) is 0 Å². The predicted molar refractivity (Wildman–Crippen MR) is 196 cm³/mol. The van der Waals surface area contributed by atoms with E-state index in [0.717, 1.165) is 55.2 Å². The minimum Gasteiger partial charge on any atom is -0.336 e. The van der Waals surface area contributed by atoms with Crippen LogP contribution in [0.4, 0.5) is 20.7 Å². The van der Waals surface area contributed by atoms with Gasteiger partial charge in [-0.3, -0.25) is 19.9 Å². The number of carbonyl (C=O) groups is 2. The number of piperazine rings is 2. The third-order valence-electron chi connectivity index (χ3n) is 9.55. The summed E-state index contributed by atoms with van der Waals surface area (Å²) in [7, 11) is 2.16. The number of aryl methyl sites for hydroxylation is 1. The molecule has 11 heteroatoms. The number of urea groups is 1. The molecule has 6 rings (SSSR count). The fourth-order valence-corrected chi connectivity index (χ4v) is 6.32. The maximum absolute atomic E-state index is 14.9. The molecule has 4 aromatic rings. The second-order valence-corrected chi connectivity index (χ2v) is 14.7. The van der Waals surface area contributed by atoms with E-state index in [9.17, 15) is 14.0 Å². The van der Waals surface area contributed by atoms with Crippen LogP contribution < -0.4 is 10.6 Å². The van der Waals surface area contributed by atoms with Crippen LogP contribution >= 0.6 is 0 Å². The molecule has 2 N–H and O–H groups in total. The van der Waals surface area contributed by atoms with Gasteiger partial charge in [0, 0.05) is 82.5 Å². The summed E-state index contributed by atoms with van der Waals surface area (Å²) in [5.74, 6) is 0.0200. The van der Waals surface area contributed by atoms with Gasteiger partial charge in [-0.2, -0.15) is 5.10 Å². The van der Waals surface area contributed by atoms with E-state index in [0.29, 0.717) is 44.1 Å². The van der Waals surface area contributed by atoms with E-state index in [2.05, 4.69) is 65.3 Å². The van der Waals surface area contributed by atoms with Crippen molar-refractivity contribution in [3.8, 4) is 5.69 Å². The number of hydrogen-bond donors (Lipinski definition) is 2. The molecule has 3 heterocycles. The van der Waals surface area contributed by atoms with Gasteiger partial charge in [0.2, 0.25) is 0 Å². The highest BCUT2D eigenvalue weighted by molar-refractivity contribution is 5.99. The Morgan fingerprint density at radius 2 is 1.36 bits per heavy atom. The minimum absolute atomic E-state index is 0.0495. The number of halogens is 1. The summed E-state index contributed by atoms with van der Waals surface area (Å²) in [4.78, 5) is 35.4. The Labute approximate surface area is 294 Å². The zero-order valence-electron chi connectivity index (χ0n) is 29.9. The molecular weight excluding hydrogens is 631 g/mol. The highest BCUT2D eigenvalue weighted by Crippen LogP contribution is 2.27. The van der Waals surface area contributed by atoms with Crippen molar-refractivity contribution in [2.75, 3.05) is 70.0 Å². The first-order valence-electron chi connectivity index (χ1n) is 17.5. The fourth-order valence-electron chi connectivity index (χ4n) is 6.32. The fraction of sp³-hybridized carbons (Fsp3) is 0.410. The summed E-state index contributed by atoms with van der Waals surface area (Å²) in [6.07, 6.45) is 0. The molecule has 0 spiro atoms. The lowest BCUT2D eigenvalue weighted by Crippen LogP contribution is -2.48. The molecule has 50 heavy (non-hydrogen) atoms. The zero-order chi connectivity index (χ0) is 35.4. The molecule has 3 aromatic carbocycles. The van der Waals surface area contributed by atoms with Crippen molar-refractivity contribution in [3.63, 3.8) is 0 Å². The van der Waals surface area contributed by atoms with Crippen LogP contribution in [0.25, 0.3) is 5.69 Å². The Balaban J connectivity index is 1.03. The SMILES string of the molecule is Cc1ccc(-n2nc(C(C)(C)C)cc2NC(=O)Nc2cc(CN3CCN(C(=O)c4ccc(CN5CCN(C)CC5)cc4)CC3)ccc2F)cc1. The second-order valence-electron chi connectivity index (χ2n) is 14.7. The molecule has 10 nitrogen and oxygen atoms in total. The number of nitrogens with zero attached hydrogens (tertiary/aromatic N) is 6. The molecule has 1 aromatic heterocycles. The van der Waals surface area contributed by atoms with Crippen LogP contribution in [0.15, 0.2) is 72.8 Å². The number of nitrogens with one attached hydrogen (secondary N) is 2. The lowest BCUT2D eigenvalue weighted by Gasteiger charge is -2.35. The van der Waals surface area contributed by atoms with Crippen LogP contribution in [0, 0.1) is 12.7 Å². The molecular formula is C39H49FN8O2. The Kier molecular flexibility index (Phi) is 10.7. The lowest BCUT2D eigenvalue weighted by molar-refractivity contribution is 0.0628. The average molecular weight is 681 g/mol. The van der Waals surface area contributed by atoms with Crippen LogP contribution in [0.1, 0.15) is 53.5 Å². The summed E-state index contributed by atoms with van der Waals surface area (Å²) in [5, 5.41) is 10.3. The summed E-state index contributed by atoms with van der Waals surface area (Å²) in [6, 6.07) is 22.0. The average Bonchev–Trinajstić information content (AvgIpc) is 3.52. The maximum atomic E-state index is 14.9. The third-order valence-corrected chi connectivity index (χ3v) is 9.55. The Morgan fingerprint density at radius 1 is 0.760 bits per heavy atom. The molecule has 2 fully saturated rings. The number of benzene rings is 3. The van der Waals surface area contributed by atoms with Crippen LogP contribution in [-0.2, 0) is 18.5 Å². The van der Waals surface area contributed by atoms with Crippen molar-refractivity contribution in [3.05, 3.63) is 107 Å². The van der Waals surface area contributed by atoms with E-state index >= 15 is 0 Å². The molecule has 0 atom stereocenters. The van der Waals surface area contributed by atoms with E-state index < -0.39 is 11.8 Å². The summed E-state index contributed by atoms with van der Waals surface area (Å²) >= 11 is 0. The van der Waals surface area contributed by atoms with Gasteiger partial charge in [-0.1, -0.05) is 56.7 Å². The van der Waals surface area contributed by atoms with Gasteiger partial charge in [0.15, 0.2) is 0 Å². The van der Waals surface area contributed by atoms with Gasteiger partial charge in [0.25, 0.3) is 5.91 Å². The Morgan fingerprint density at radius 3 is 2.00 bits per heavy atom. The number of hydrogen-bond acceptors (Lipinski definition) is 6. The first kappa shape index (κ1) is 35.3. The molecule has 2 saturated heterocycles. The number of rotatable bonds is 8. The van der Waals surface area contributed by atoms with E-state index in [4.69, 9.17) is 5.10 Å². The second kappa shape index (κ2) is 15.1. The minimum atomic E-state index is -0.561. The zero-order valence-corrected chi connectivity index (χ0v) is 29.9. The van der Waals surface area contributed by atoms with Crippen molar-refractivity contribution in [1.29, 1.82) is 0 Å². The number of likely N-dealkylation sites (N-methyl/N-ethyl adjacent to an activating group) is 1. The van der Waals surface area contributed by atoms with Gasteiger partial charge in [-0.25, -0.2) is 13.9 Å². The number of amides is 3. The summed E-state index contributed by atoms with van der Waals surface area (Å²) in [6.45, 7) is 16.6. The Hall–Kier alpha value is -4.58. The van der Waals surface area contributed by atoms with E-state index in [1.807, 2.05) is 54.3 Å². The number of aromatic nitrogens is 2. The third kappa shape index (κ3) is 8.76. The lowest BCUT2D eigenvalue weighted by atomic mass is 9.92. The number of anilines is 2. The highest BCUT2D eigenvalue weighted by atomic mass is 19.1. The van der Waals surface area contributed by atoms with E-state index in [-0.39, 0.29) is 17.0 Å². The van der Waals surface area contributed by atoms with Gasteiger partial charge in [0.1, 0.15) is 11.6 Å². The number of carbonyl (C=O) groups excluding carboxylic acids is 2. The molecule has 3 amide bonds. The van der Waals surface area contributed by atoms with Gasteiger partial charge < -0.3 is 15.1 Å². The molecule has 0 aliphatic carbocycles. The standard InChI is InChI=1S/C39H49FN8O2/c1-28-6-13-32(14-7-28)48-36(25-35(43-48)39(2,3)4)42-38(50)41-34-24-30(10-15-33(34)40)27-46-20-22-47(23-21-46)37(49)31-11-8-29(9-12-31)26-45-18-16-44(5)17-19-45/h6-15,24-25H,16-23,26-27H2,1-5H3,(H2,41,42,50). The van der Waals surface area contributed by atoms with Gasteiger partial charge in [-0.15, -0.1) is 0 Å². The first-order valence-corrected chi connectivity index (χ1v) is 17.5. The van der Waals surface area contributed by atoms with Crippen molar-refractivity contribution in [1.82, 2.24) is 29.4 Å². The van der Waals surface area contributed by atoms with E-state index in [1.165, 1.54) is 11.6 Å². The van der Waals surface area contributed by atoms with Gasteiger partial charge in [0.05, 0.1) is 17.1 Å². The largest absolute Gasteiger partial charge is 0.336 e. The van der Waals surface area contributed by atoms with Crippen LogP contribution in [-0.4, -0.2) is 101 Å². The summed E-state index contributed by atoms with van der Waals surface area (Å²) in [5.41, 5.74) is 5.42. The van der Waals surface area contributed by atoms with Crippen molar-refractivity contribution >= 4 is 23.4 Å². The molecule has 264 valence electrons. The Bertz CT molecular complexity index is 1780. The quantitative estimate of drug-likeness (QED) is 0.239. The molecule has 0 unspecified atom stereocenters. The van der Waals surface area contributed by atoms with Crippen LogP contribution in [0.2, 0.25) is 0 Å². The molecule has 2 aliphatic heterocycles. The van der Waals surface area contributed by atoms with Crippen molar-refractivity contribution in [2.24, 2.45) is 0 Å². The topological polar surface area (TPSA) is 89.0 Å². The van der Waals surface area contributed by atoms with E-state index in [1.54, 1.807) is 16.8 Å². The first-order chi connectivity index (χ1) is 23.9. The predicted octanol–water partition coefficient (Wildman–Crippen LogP) is 5.97. The smallest absolute Gasteiger partial charge is 0.324 e. The maximum Gasteiger partial charge on any atom is 0.324 e. The molecule has 0 saturated carbocycles. The molecule has 0 radical (unpaired) electrons.